The Kier molecular flexibility index (Phi) is 6.92. The van der Waals surface area contributed by atoms with Gasteiger partial charge in [0.05, 0.1) is 10.0 Å². The number of hydrogen-bond acceptors (Lipinski definition) is 4. The first kappa shape index (κ1) is 21.3. The van der Waals surface area contributed by atoms with Crippen LogP contribution in [0.25, 0.3) is 0 Å². The highest BCUT2D eigenvalue weighted by atomic mass is 35.5. The molecule has 148 valence electrons. The third-order valence-electron chi connectivity index (χ3n) is 4.30. The van der Waals surface area contributed by atoms with Gasteiger partial charge in [0.2, 0.25) is 0 Å². The third-order valence-corrected chi connectivity index (χ3v) is 8.01. The summed E-state index contributed by atoms with van der Waals surface area (Å²) < 4.78 is 18.9. The minimum absolute atomic E-state index is 0.237. The number of rotatable bonds is 7. The second-order valence-corrected chi connectivity index (χ2v) is 9.92. The number of ether oxygens (including phenoxy) is 1. The lowest BCUT2D eigenvalue weighted by Crippen LogP contribution is -2.25. The van der Waals surface area contributed by atoms with Crippen LogP contribution in [0, 0.1) is 0 Å². The molecular formula is C22H17Cl2O4P. The molecule has 29 heavy (non-hydrogen) atoms. The molecule has 0 spiro atoms. The van der Waals surface area contributed by atoms with E-state index in [1.807, 2.05) is 12.1 Å². The maximum atomic E-state index is 13.8. The van der Waals surface area contributed by atoms with Crippen molar-refractivity contribution in [2.75, 3.05) is 12.8 Å². The molecule has 0 aliphatic carbocycles. The molecule has 0 atom stereocenters. The van der Waals surface area contributed by atoms with Crippen LogP contribution in [-0.4, -0.2) is 24.5 Å². The summed E-state index contributed by atoms with van der Waals surface area (Å²) in [4.78, 5) is 24.7. The summed E-state index contributed by atoms with van der Waals surface area (Å²) in [6, 6.07) is 22.0. The Balaban J connectivity index is 1.75. The highest BCUT2D eigenvalue weighted by Crippen LogP contribution is 2.43. The van der Waals surface area contributed by atoms with Gasteiger partial charge in [0.1, 0.15) is 6.16 Å². The molecule has 3 aromatic carbocycles. The first-order valence-electron chi connectivity index (χ1n) is 8.74. The molecule has 0 fully saturated rings. The van der Waals surface area contributed by atoms with E-state index in [0.29, 0.717) is 15.6 Å². The van der Waals surface area contributed by atoms with Crippen LogP contribution in [0.2, 0.25) is 10.0 Å². The Morgan fingerprint density at radius 2 is 1.34 bits per heavy atom. The zero-order valence-electron chi connectivity index (χ0n) is 15.3. The van der Waals surface area contributed by atoms with Crippen molar-refractivity contribution in [3.05, 3.63) is 94.5 Å². The fourth-order valence-electron chi connectivity index (χ4n) is 2.80. The van der Waals surface area contributed by atoms with Crippen molar-refractivity contribution in [3.8, 4) is 0 Å². The van der Waals surface area contributed by atoms with E-state index in [2.05, 4.69) is 0 Å². The fourth-order valence-corrected chi connectivity index (χ4v) is 5.52. The van der Waals surface area contributed by atoms with Crippen molar-refractivity contribution in [2.24, 2.45) is 0 Å². The Hall–Kier alpha value is -2.39. The van der Waals surface area contributed by atoms with E-state index in [4.69, 9.17) is 27.9 Å². The normalized spacial score (nSPS) is 11.1. The van der Waals surface area contributed by atoms with Gasteiger partial charge in [-0.3, -0.25) is 9.59 Å². The molecule has 0 unspecified atom stereocenters. The molecule has 0 bridgehead atoms. The van der Waals surface area contributed by atoms with Gasteiger partial charge in [-0.25, -0.2) is 0 Å². The molecule has 4 nitrogen and oxygen atoms in total. The summed E-state index contributed by atoms with van der Waals surface area (Å²) in [6.07, 6.45) is -0.338. The number of carbonyl (C=O) groups is 2. The number of halogens is 2. The first-order chi connectivity index (χ1) is 13.9. The summed E-state index contributed by atoms with van der Waals surface area (Å²) in [5, 5.41) is 1.67. The molecule has 0 aromatic heterocycles. The van der Waals surface area contributed by atoms with E-state index in [-0.39, 0.29) is 16.7 Å². The largest absolute Gasteiger partial charge is 0.457 e. The van der Waals surface area contributed by atoms with Crippen molar-refractivity contribution in [2.45, 2.75) is 0 Å². The van der Waals surface area contributed by atoms with Crippen LogP contribution < -0.4 is 10.6 Å². The van der Waals surface area contributed by atoms with Crippen LogP contribution in [0.5, 0.6) is 0 Å². The highest BCUT2D eigenvalue weighted by molar-refractivity contribution is 7.79. The maximum Gasteiger partial charge on any atom is 0.314 e. The van der Waals surface area contributed by atoms with Crippen LogP contribution in [0.15, 0.2) is 78.9 Å². The van der Waals surface area contributed by atoms with Crippen molar-refractivity contribution < 1.29 is 18.9 Å². The summed E-state index contributed by atoms with van der Waals surface area (Å²) in [5.74, 6) is -1.14. The Morgan fingerprint density at radius 3 is 1.86 bits per heavy atom. The number of Topliss-reactive ketones (excluding diaryl/α,β-unsaturated/α-hetero) is 1. The van der Waals surface area contributed by atoms with Gasteiger partial charge in [-0.05, 0) is 18.2 Å². The Morgan fingerprint density at radius 1 is 0.793 bits per heavy atom. The van der Waals surface area contributed by atoms with E-state index < -0.39 is 25.5 Å². The molecule has 0 N–H and O–H groups in total. The van der Waals surface area contributed by atoms with Gasteiger partial charge in [0.25, 0.3) is 0 Å². The minimum atomic E-state index is -3.25. The number of hydrogen-bond donors (Lipinski definition) is 0. The molecule has 0 saturated carbocycles. The second-order valence-electron chi connectivity index (χ2n) is 6.28. The van der Waals surface area contributed by atoms with Gasteiger partial charge in [0, 0.05) is 16.2 Å². The topological polar surface area (TPSA) is 60.4 Å². The smallest absolute Gasteiger partial charge is 0.314 e. The first-order valence-corrected chi connectivity index (χ1v) is 11.4. The standard InChI is InChI=1S/C22H17Cl2O4P/c23-19-12-11-16(13-20(19)24)21(25)14-28-22(26)15-29(27,17-7-3-1-4-8-17)18-9-5-2-6-10-18/h1-13H,14-15H2. The van der Waals surface area contributed by atoms with Gasteiger partial charge in [0.15, 0.2) is 19.5 Å². The molecule has 3 rings (SSSR count). The molecule has 0 amide bonds. The van der Waals surface area contributed by atoms with Crippen LogP contribution >= 0.6 is 30.3 Å². The van der Waals surface area contributed by atoms with Crippen LogP contribution in [-0.2, 0) is 14.1 Å². The summed E-state index contributed by atoms with van der Waals surface area (Å²) in [6.45, 7) is -0.472. The van der Waals surface area contributed by atoms with Crippen LogP contribution in [0.4, 0.5) is 0 Å². The van der Waals surface area contributed by atoms with Crippen LogP contribution in [0.1, 0.15) is 10.4 Å². The average molecular weight is 447 g/mol. The molecule has 0 aliphatic heterocycles. The number of benzene rings is 3. The quantitative estimate of drug-likeness (QED) is 0.299. The molecule has 0 heterocycles. The molecular weight excluding hydrogens is 430 g/mol. The minimum Gasteiger partial charge on any atom is -0.457 e. The monoisotopic (exact) mass is 446 g/mol. The van der Waals surface area contributed by atoms with Gasteiger partial charge in [-0.15, -0.1) is 0 Å². The lowest BCUT2D eigenvalue weighted by atomic mass is 10.1. The van der Waals surface area contributed by atoms with E-state index in [1.54, 1.807) is 48.5 Å². The average Bonchev–Trinajstić information content (AvgIpc) is 2.75. The molecule has 3 aromatic rings. The van der Waals surface area contributed by atoms with Crippen LogP contribution in [0.3, 0.4) is 0 Å². The summed E-state index contributed by atoms with van der Waals surface area (Å²) >= 11 is 11.8. The Labute approximate surface area is 178 Å². The zero-order valence-corrected chi connectivity index (χ0v) is 17.7. The maximum absolute atomic E-state index is 13.8. The van der Waals surface area contributed by atoms with E-state index in [1.165, 1.54) is 18.2 Å². The highest BCUT2D eigenvalue weighted by Gasteiger charge is 2.31. The lowest BCUT2D eigenvalue weighted by molar-refractivity contribution is -0.139. The van der Waals surface area contributed by atoms with E-state index in [0.717, 1.165) is 0 Å². The van der Waals surface area contributed by atoms with Gasteiger partial charge >= 0.3 is 5.97 Å². The van der Waals surface area contributed by atoms with E-state index in [9.17, 15) is 14.2 Å². The second kappa shape index (κ2) is 9.41. The van der Waals surface area contributed by atoms with Crippen molar-refractivity contribution in [3.63, 3.8) is 0 Å². The number of esters is 1. The van der Waals surface area contributed by atoms with Crippen molar-refractivity contribution in [1.82, 2.24) is 0 Å². The third kappa shape index (κ3) is 5.16. The molecule has 0 aliphatic rings. The van der Waals surface area contributed by atoms with Gasteiger partial charge < -0.3 is 9.30 Å². The van der Waals surface area contributed by atoms with Crippen molar-refractivity contribution in [1.29, 1.82) is 0 Å². The Bertz CT molecular complexity index is 1030. The molecule has 0 radical (unpaired) electrons. The SMILES string of the molecule is O=C(CP(=O)(c1ccccc1)c1ccccc1)OCC(=O)c1ccc(Cl)c(Cl)c1. The van der Waals surface area contributed by atoms with Crippen molar-refractivity contribution >= 4 is 52.7 Å². The summed E-state index contributed by atoms with van der Waals surface area (Å²) in [5.41, 5.74) is 0.279. The zero-order chi connectivity index (χ0) is 20.9. The van der Waals surface area contributed by atoms with E-state index >= 15 is 0 Å². The fraction of sp³-hybridized carbons (Fsp3) is 0.0909. The molecule has 0 saturated heterocycles. The molecule has 7 heteroatoms. The van der Waals surface area contributed by atoms with Gasteiger partial charge in [-0.1, -0.05) is 83.9 Å². The summed E-state index contributed by atoms with van der Waals surface area (Å²) in [7, 11) is -3.25. The van der Waals surface area contributed by atoms with Gasteiger partial charge in [-0.2, -0.15) is 0 Å². The predicted octanol–water partition coefficient (Wildman–Crippen LogP) is 4.73. The number of carbonyl (C=O) groups excluding carboxylic acids is 2. The number of ketones is 1. The lowest BCUT2D eigenvalue weighted by Gasteiger charge is -2.18. The predicted molar refractivity (Wildman–Crippen MR) is 116 cm³/mol.